The number of carboxylic acids is 2. The number of benzene rings is 1. The second-order valence-corrected chi connectivity index (χ2v) is 8.78. The number of amides is 3. The highest BCUT2D eigenvalue weighted by atomic mass is 16.4. The molecule has 0 aliphatic carbocycles. The van der Waals surface area contributed by atoms with Crippen LogP contribution in [0.1, 0.15) is 32.3 Å². The van der Waals surface area contributed by atoms with E-state index in [0.717, 1.165) is 10.9 Å². The van der Waals surface area contributed by atoms with E-state index in [1.807, 2.05) is 12.1 Å². The number of rotatable bonds is 14. The lowest BCUT2D eigenvalue weighted by molar-refractivity contribution is -0.144. The minimum absolute atomic E-state index is 0.0572. The van der Waals surface area contributed by atoms with Gasteiger partial charge in [0.2, 0.25) is 17.7 Å². The van der Waals surface area contributed by atoms with Gasteiger partial charge < -0.3 is 42.0 Å². The Hall–Kier alpha value is -3.97. The van der Waals surface area contributed by atoms with Gasteiger partial charge in [-0.15, -0.1) is 0 Å². The number of carbonyl (C=O) groups is 5. The molecule has 1 heterocycles. The first-order valence-electron chi connectivity index (χ1n) is 11.8. The average Bonchev–Trinajstić information content (AvgIpc) is 3.27. The number of hydrogen-bond acceptors (Lipinski definition) is 7. The standard InChI is InChI=1S/C24H33N5O8/c1-3-12(2)20(24(36)37)29-23(35)17(8-13-10-26-16-7-5-4-6-14(13)16)28-22(34)18(9-19(31)32)27-21(33)15(25)11-30/h4-7,10,12,15,17-18,20,26,30H,3,8-9,11,25H2,1-2H3,(H,27,33)(H,28,34)(H,29,35)(H,31,32)(H,36,37). The topological polar surface area (TPSA) is 224 Å². The molecule has 0 bridgehead atoms. The van der Waals surface area contributed by atoms with Gasteiger partial charge in [0.05, 0.1) is 13.0 Å². The van der Waals surface area contributed by atoms with E-state index in [-0.39, 0.29) is 6.42 Å². The highest BCUT2D eigenvalue weighted by molar-refractivity contribution is 5.96. The summed E-state index contributed by atoms with van der Waals surface area (Å²) < 4.78 is 0. The lowest BCUT2D eigenvalue weighted by Crippen LogP contribution is -2.58. The third-order valence-corrected chi connectivity index (χ3v) is 6.05. The predicted molar refractivity (Wildman–Crippen MR) is 132 cm³/mol. The Labute approximate surface area is 212 Å². The number of carboxylic acid groups (broad SMARTS) is 2. The number of fused-ring (bicyclic) bond motifs is 1. The Kier molecular flexibility index (Phi) is 10.6. The number of nitrogens with two attached hydrogens (primary N) is 1. The molecule has 1 aromatic heterocycles. The number of aliphatic hydroxyl groups is 1. The van der Waals surface area contributed by atoms with Crippen molar-refractivity contribution in [1.29, 1.82) is 0 Å². The van der Waals surface area contributed by atoms with Gasteiger partial charge in [-0.05, 0) is 17.5 Å². The summed E-state index contributed by atoms with van der Waals surface area (Å²) in [5, 5.41) is 35.7. The summed E-state index contributed by atoms with van der Waals surface area (Å²) in [5.74, 6) is -5.79. The molecule has 3 amide bonds. The maximum atomic E-state index is 13.2. The zero-order valence-electron chi connectivity index (χ0n) is 20.6. The fourth-order valence-electron chi connectivity index (χ4n) is 3.68. The molecule has 13 nitrogen and oxygen atoms in total. The van der Waals surface area contributed by atoms with Crippen LogP contribution in [-0.2, 0) is 30.4 Å². The van der Waals surface area contributed by atoms with Crippen LogP contribution in [0.2, 0.25) is 0 Å². The van der Waals surface area contributed by atoms with E-state index in [0.29, 0.717) is 12.0 Å². The Morgan fingerprint density at radius 3 is 2.19 bits per heavy atom. The van der Waals surface area contributed by atoms with Crippen LogP contribution in [0.4, 0.5) is 0 Å². The van der Waals surface area contributed by atoms with E-state index in [2.05, 4.69) is 20.9 Å². The van der Waals surface area contributed by atoms with Gasteiger partial charge in [-0.1, -0.05) is 38.5 Å². The smallest absolute Gasteiger partial charge is 0.326 e. The molecule has 9 N–H and O–H groups in total. The fraction of sp³-hybridized carbons (Fsp3) is 0.458. The third kappa shape index (κ3) is 8.02. The predicted octanol–water partition coefficient (Wildman–Crippen LogP) is -0.910. The van der Waals surface area contributed by atoms with Crippen LogP contribution in [0, 0.1) is 5.92 Å². The Morgan fingerprint density at radius 1 is 0.973 bits per heavy atom. The normalized spacial score (nSPS) is 15.1. The molecule has 1 aromatic carbocycles. The first kappa shape index (κ1) is 29.3. The van der Waals surface area contributed by atoms with Crippen molar-refractivity contribution in [1.82, 2.24) is 20.9 Å². The molecule has 0 radical (unpaired) electrons. The Morgan fingerprint density at radius 2 is 1.59 bits per heavy atom. The first-order valence-corrected chi connectivity index (χ1v) is 11.8. The maximum Gasteiger partial charge on any atom is 0.326 e. The van der Waals surface area contributed by atoms with Crippen molar-refractivity contribution in [2.24, 2.45) is 11.7 Å². The molecule has 0 aliphatic rings. The number of aromatic nitrogens is 1. The van der Waals surface area contributed by atoms with E-state index >= 15 is 0 Å². The minimum Gasteiger partial charge on any atom is -0.481 e. The highest BCUT2D eigenvalue weighted by Gasteiger charge is 2.33. The average molecular weight is 520 g/mol. The lowest BCUT2D eigenvalue weighted by atomic mass is 9.98. The first-order chi connectivity index (χ1) is 17.5. The number of aliphatic hydroxyl groups excluding tert-OH is 1. The largest absolute Gasteiger partial charge is 0.481 e. The highest BCUT2D eigenvalue weighted by Crippen LogP contribution is 2.19. The molecule has 0 spiro atoms. The molecule has 0 aliphatic heterocycles. The van der Waals surface area contributed by atoms with Crippen molar-refractivity contribution in [3.05, 3.63) is 36.0 Å². The fourth-order valence-corrected chi connectivity index (χ4v) is 3.68. The number of H-pyrrole nitrogens is 1. The number of carbonyl (C=O) groups excluding carboxylic acids is 3. The molecule has 5 unspecified atom stereocenters. The van der Waals surface area contributed by atoms with Crippen LogP contribution in [0.5, 0.6) is 0 Å². The minimum atomic E-state index is -1.61. The zero-order chi connectivity index (χ0) is 27.7. The van der Waals surface area contributed by atoms with E-state index in [4.69, 9.17) is 10.8 Å². The SMILES string of the molecule is CCC(C)C(NC(=O)C(Cc1c[nH]c2ccccc12)NC(=O)C(CC(=O)O)NC(=O)C(N)CO)C(=O)O. The van der Waals surface area contributed by atoms with Crippen molar-refractivity contribution in [2.45, 2.75) is 57.3 Å². The molecule has 37 heavy (non-hydrogen) atoms. The van der Waals surface area contributed by atoms with Gasteiger partial charge in [-0.3, -0.25) is 19.2 Å². The van der Waals surface area contributed by atoms with Crippen molar-refractivity contribution >= 4 is 40.6 Å². The molecule has 0 saturated carbocycles. The van der Waals surface area contributed by atoms with Crippen LogP contribution in [0.25, 0.3) is 10.9 Å². The van der Waals surface area contributed by atoms with Gasteiger partial charge in [0.15, 0.2) is 0 Å². The summed E-state index contributed by atoms with van der Waals surface area (Å²) in [6.07, 6.45) is 1.24. The second-order valence-electron chi connectivity index (χ2n) is 8.78. The number of nitrogens with one attached hydrogen (secondary N) is 4. The van der Waals surface area contributed by atoms with Crippen LogP contribution >= 0.6 is 0 Å². The van der Waals surface area contributed by atoms with E-state index in [1.165, 1.54) is 0 Å². The van der Waals surface area contributed by atoms with Gasteiger partial charge in [-0.2, -0.15) is 0 Å². The number of para-hydroxylation sites is 1. The van der Waals surface area contributed by atoms with E-state index < -0.39 is 72.8 Å². The molecule has 0 fully saturated rings. The lowest BCUT2D eigenvalue weighted by Gasteiger charge is -2.26. The maximum absolute atomic E-state index is 13.2. The summed E-state index contributed by atoms with van der Waals surface area (Å²) in [6, 6.07) is 1.70. The quantitative estimate of drug-likeness (QED) is 0.154. The zero-order valence-corrected chi connectivity index (χ0v) is 20.6. The molecule has 5 atom stereocenters. The van der Waals surface area contributed by atoms with Crippen LogP contribution in [0.3, 0.4) is 0 Å². The van der Waals surface area contributed by atoms with Crippen molar-refractivity contribution in [3.8, 4) is 0 Å². The molecular weight excluding hydrogens is 486 g/mol. The van der Waals surface area contributed by atoms with E-state index in [9.17, 15) is 34.2 Å². The summed E-state index contributed by atoms with van der Waals surface area (Å²) in [5.41, 5.74) is 6.87. The molecule has 2 rings (SSSR count). The summed E-state index contributed by atoms with van der Waals surface area (Å²) in [7, 11) is 0. The van der Waals surface area contributed by atoms with Crippen LogP contribution in [0.15, 0.2) is 30.5 Å². The Bertz CT molecular complexity index is 1130. The second kappa shape index (κ2) is 13.4. The van der Waals surface area contributed by atoms with Crippen LogP contribution in [-0.4, -0.2) is 80.7 Å². The van der Waals surface area contributed by atoms with Crippen LogP contribution < -0.4 is 21.7 Å². The Balaban J connectivity index is 2.35. The number of aliphatic carboxylic acids is 2. The van der Waals surface area contributed by atoms with Gasteiger partial charge >= 0.3 is 11.9 Å². The van der Waals surface area contributed by atoms with Gasteiger partial charge in [0.25, 0.3) is 0 Å². The van der Waals surface area contributed by atoms with Gasteiger partial charge in [0.1, 0.15) is 24.2 Å². The van der Waals surface area contributed by atoms with E-state index in [1.54, 1.807) is 32.2 Å². The monoisotopic (exact) mass is 519 g/mol. The van der Waals surface area contributed by atoms with Gasteiger partial charge in [0, 0.05) is 23.5 Å². The van der Waals surface area contributed by atoms with Crippen molar-refractivity contribution in [2.75, 3.05) is 6.61 Å². The number of aromatic amines is 1. The third-order valence-electron chi connectivity index (χ3n) is 6.05. The summed E-state index contributed by atoms with van der Waals surface area (Å²) in [4.78, 5) is 64.5. The molecule has 13 heteroatoms. The molecule has 0 saturated heterocycles. The molecule has 202 valence electrons. The van der Waals surface area contributed by atoms with Crippen molar-refractivity contribution < 1.29 is 39.3 Å². The molecule has 2 aromatic rings. The summed E-state index contributed by atoms with van der Waals surface area (Å²) >= 11 is 0. The van der Waals surface area contributed by atoms with Gasteiger partial charge in [-0.25, -0.2) is 4.79 Å². The number of hydrogen-bond donors (Lipinski definition) is 8. The van der Waals surface area contributed by atoms with Crippen molar-refractivity contribution in [3.63, 3.8) is 0 Å². The summed E-state index contributed by atoms with van der Waals surface area (Å²) in [6.45, 7) is 2.70. The molecular formula is C24H33N5O8.